The third kappa shape index (κ3) is 2.47. The van der Waals surface area contributed by atoms with Crippen LogP contribution in [0.3, 0.4) is 0 Å². The quantitative estimate of drug-likeness (QED) is 0.660. The summed E-state index contributed by atoms with van der Waals surface area (Å²) >= 11 is 0. The number of aliphatic hydroxyl groups is 1. The minimum atomic E-state index is -0.879. The number of ether oxygens (including phenoxy) is 3. The van der Waals surface area contributed by atoms with E-state index >= 15 is 0 Å². The Morgan fingerprint density at radius 3 is 2.54 bits per heavy atom. The molecular weight excluding hydrogens is 438 g/mol. The molecule has 2 spiro atoms. The van der Waals surface area contributed by atoms with Gasteiger partial charge in [0.25, 0.3) is 0 Å². The fourth-order valence-electron chi connectivity index (χ4n) is 9.73. The molecule has 0 radical (unpaired) electrons. The standard InChI is InChI=1S/C30H43NO4/c1-26(2,3)27(4,32)21-16-28-11-12-30(21,34-6)25-29(28)13-14-31(17-18-7-8-18)22(28)15-19-9-10-20(33-5)24(35-25)23(19)29/h9-10,18,21-22,25,32H,7-8,11-17H2,1-6H3/t21-,22-,25+,27+,28+,29+,30+/m1/s1. The zero-order valence-electron chi connectivity index (χ0n) is 22.4. The number of fused-ring (bicyclic) bond motifs is 2. The first-order chi connectivity index (χ1) is 16.6. The second-order valence-corrected chi connectivity index (χ2v) is 14.0. The normalized spacial score (nSPS) is 42.9. The van der Waals surface area contributed by atoms with Crippen LogP contribution in [0.2, 0.25) is 0 Å². The van der Waals surface area contributed by atoms with Gasteiger partial charge in [0.15, 0.2) is 11.5 Å². The smallest absolute Gasteiger partial charge is 0.165 e. The van der Waals surface area contributed by atoms with Gasteiger partial charge in [0, 0.05) is 42.0 Å². The summed E-state index contributed by atoms with van der Waals surface area (Å²) in [5, 5.41) is 12.3. The summed E-state index contributed by atoms with van der Waals surface area (Å²) in [6.45, 7) is 11.0. The summed E-state index contributed by atoms with van der Waals surface area (Å²) in [7, 11) is 3.63. The molecule has 1 aromatic rings. The van der Waals surface area contributed by atoms with Crippen LogP contribution in [-0.2, 0) is 16.6 Å². The second kappa shape index (κ2) is 6.76. The lowest BCUT2D eigenvalue weighted by Gasteiger charge is -2.75. The highest BCUT2D eigenvalue weighted by Gasteiger charge is 2.82. The molecule has 4 bridgehead atoms. The highest BCUT2D eigenvalue weighted by atomic mass is 16.6. The Labute approximate surface area is 210 Å². The van der Waals surface area contributed by atoms with Crippen molar-refractivity contribution in [2.75, 3.05) is 27.3 Å². The van der Waals surface area contributed by atoms with Crippen molar-refractivity contribution in [1.82, 2.24) is 4.90 Å². The zero-order chi connectivity index (χ0) is 24.6. The van der Waals surface area contributed by atoms with Crippen LogP contribution in [0.5, 0.6) is 11.5 Å². The molecule has 2 heterocycles. The molecule has 1 N–H and O–H groups in total. The first kappa shape index (κ1) is 22.9. The van der Waals surface area contributed by atoms with E-state index in [4.69, 9.17) is 14.2 Å². The molecule has 7 aliphatic rings. The lowest BCUT2D eigenvalue weighted by atomic mass is 9.33. The zero-order valence-corrected chi connectivity index (χ0v) is 22.4. The van der Waals surface area contributed by atoms with Crippen LogP contribution >= 0.6 is 0 Å². The summed E-state index contributed by atoms with van der Waals surface area (Å²) in [6, 6.07) is 4.93. The Balaban J connectivity index is 1.48. The molecule has 2 aliphatic heterocycles. The molecule has 192 valence electrons. The number of likely N-dealkylation sites (tertiary alicyclic amines) is 1. The molecule has 5 fully saturated rings. The van der Waals surface area contributed by atoms with Crippen molar-refractivity contribution < 1.29 is 19.3 Å². The van der Waals surface area contributed by atoms with Crippen molar-refractivity contribution in [3.05, 3.63) is 23.3 Å². The fourth-order valence-corrected chi connectivity index (χ4v) is 9.73. The minimum Gasteiger partial charge on any atom is -0.493 e. The molecular formula is C30H43NO4. The molecule has 0 unspecified atom stereocenters. The van der Waals surface area contributed by atoms with Crippen LogP contribution in [0, 0.1) is 22.7 Å². The van der Waals surface area contributed by atoms with Crippen LogP contribution in [-0.4, -0.2) is 60.7 Å². The minimum absolute atomic E-state index is 0.0112. The number of benzene rings is 1. The maximum absolute atomic E-state index is 12.3. The first-order valence-corrected chi connectivity index (χ1v) is 13.9. The van der Waals surface area contributed by atoms with Gasteiger partial charge in [-0.05, 0) is 81.4 Å². The fraction of sp³-hybridized carbons (Fsp3) is 0.800. The van der Waals surface area contributed by atoms with E-state index in [1.165, 1.54) is 30.5 Å². The van der Waals surface area contributed by atoms with Gasteiger partial charge in [-0.1, -0.05) is 26.8 Å². The van der Waals surface area contributed by atoms with E-state index in [1.807, 2.05) is 7.11 Å². The van der Waals surface area contributed by atoms with Crippen LogP contribution in [0.15, 0.2) is 12.1 Å². The lowest BCUT2D eigenvalue weighted by Crippen LogP contribution is -2.83. The van der Waals surface area contributed by atoms with Crippen molar-refractivity contribution in [2.24, 2.45) is 22.7 Å². The molecule has 0 aromatic heterocycles. The van der Waals surface area contributed by atoms with Gasteiger partial charge < -0.3 is 19.3 Å². The SMILES string of the molecule is COc1ccc2c3c1O[C@@H]1[C@]4(OC)CC[C@]5(C[C@@H]4[C@](C)(O)C(C)(C)C)[C@@H](C2)N(CC2CC2)CC[C@]315. The Hall–Kier alpha value is -1.30. The van der Waals surface area contributed by atoms with Crippen molar-refractivity contribution in [1.29, 1.82) is 0 Å². The van der Waals surface area contributed by atoms with E-state index in [0.717, 1.165) is 56.1 Å². The predicted octanol–water partition coefficient (Wildman–Crippen LogP) is 4.72. The number of nitrogens with zero attached hydrogens (tertiary/aromatic N) is 1. The van der Waals surface area contributed by atoms with Gasteiger partial charge in [-0.25, -0.2) is 0 Å². The molecule has 5 aliphatic carbocycles. The third-order valence-electron chi connectivity index (χ3n) is 12.1. The first-order valence-electron chi connectivity index (χ1n) is 13.9. The van der Waals surface area contributed by atoms with E-state index < -0.39 is 11.2 Å². The third-order valence-corrected chi connectivity index (χ3v) is 12.1. The van der Waals surface area contributed by atoms with Crippen LogP contribution in [0.25, 0.3) is 0 Å². The summed E-state index contributed by atoms with van der Waals surface area (Å²) in [6.07, 6.45) is 8.00. The van der Waals surface area contributed by atoms with E-state index in [0.29, 0.717) is 6.04 Å². The molecule has 5 nitrogen and oxygen atoms in total. The van der Waals surface area contributed by atoms with Crippen molar-refractivity contribution >= 4 is 0 Å². The topological polar surface area (TPSA) is 51.2 Å². The molecule has 0 amide bonds. The maximum atomic E-state index is 12.3. The summed E-state index contributed by atoms with van der Waals surface area (Å²) < 4.78 is 19.6. The van der Waals surface area contributed by atoms with Gasteiger partial charge in [-0.15, -0.1) is 0 Å². The Morgan fingerprint density at radius 1 is 1.11 bits per heavy atom. The van der Waals surface area contributed by atoms with Crippen molar-refractivity contribution in [2.45, 2.75) is 101 Å². The van der Waals surface area contributed by atoms with Gasteiger partial charge in [0.1, 0.15) is 11.7 Å². The molecule has 7 atom stereocenters. The molecule has 1 saturated heterocycles. The van der Waals surface area contributed by atoms with Crippen molar-refractivity contribution in [3.63, 3.8) is 0 Å². The van der Waals surface area contributed by atoms with Gasteiger partial charge >= 0.3 is 0 Å². The summed E-state index contributed by atoms with van der Waals surface area (Å²) in [5.41, 5.74) is 1.26. The molecule has 35 heavy (non-hydrogen) atoms. The summed E-state index contributed by atoms with van der Waals surface area (Å²) in [5.74, 6) is 2.71. The number of methoxy groups -OCH3 is 2. The van der Waals surface area contributed by atoms with E-state index in [-0.39, 0.29) is 28.3 Å². The Kier molecular flexibility index (Phi) is 4.42. The van der Waals surface area contributed by atoms with Gasteiger partial charge in [0.05, 0.1) is 12.7 Å². The van der Waals surface area contributed by atoms with Gasteiger partial charge in [-0.3, -0.25) is 4.90 Å². The predicted molar refractivity (Wildman–Crippen MR) is 135 cm³/mol. The highest BCUT2D eigenvalue weighted by molar-refractivity contribution is 5.63. The van der Waals surface area contributed by atoms with Gasteiger partial charge in [-0.2, -0.15) is 0 Å². The molecule has 1 aromatic carbocycles. The van der Waals surface area contributed by atoms with E-state index in [2.05, 4.69) is 44.7 Å². The molecule has 4 saturated carbocycles. The summed E-state index contributed by atoms with van der Waals surface area (Å²) in [4.78, 5) is 2.86. The van der Waals surface area contributed by atoms with E-state index in [1.54, 1.807) is 7.11 Å². The highest BCUT2D eigenvalue weighted by Crippen LogP contribution is 2.78. The number of piperidine rings is 1. The van der Waals surface area contributed by atoms with Gasteiger partial charge in [0.2, 0.25) is 0 Å². The van der Waals surface area contributed by atoms with Crippen molar-refractivity contribution in [3.8, 4) is 11.5 Å². The van der Waals surface area contributed by atoms with Crippen LogP contribution in [0.4, 0.5) is 0 Å². The second-order valence-electron chi connectivity index (χ2n) is 14.0. The average molecular weight is 482 g/mol. The monoisotopic (exact) mass is 481 g/mol. The molecule has 8 rings (SSSR count). The van der Waals surface area contributed by atoms with Crippen LogP contribution < -0.4 is 9.47 Å². The van der Waals surface area contributed by atoms with Crippen LogP contribution in [0.1, 0.15) is 77.3 Å². The molecule has 5 heteroatoms. The lowest BCUT2D eigenvalue weighted by molar-refractivity contribution is -0.312. The average Bonchev–Trinajstić information content (AvgIpc) is 3.56. The van der Waals surface area contributed by atoms with E-state index in [9.17, 15) is 5.11 Å². The number of rotatable bonds is 5. The Bertz CT molecular complexity index is 1070. The number of hydrogen-bond donors (Lipinski definition) is 1. The Morgan fingerprint density at radius 2 is 1.89 bits per heavy atom. The largest absolute Gasteiger partial charge is 0.493 e. The maximum Gasteiger partial charge on any atom is 0.165 e. The number of hydrogen-bond acceptors (Lipinski definition) is 5.